The van der Waals surface area contributed by atoms with Crippen molar-refractivity contribution in [1.29, 1.82) is 0 Å². The summed E-state index contributed by atoms with van der Waals surface area (Å²) in [5, 5.41) is 7.30. The fraction of sp³-hybridized carbons (Fsp3) is 0.348. The molecule has 0 fully saturated rings. The van der Waals surface area contributed by atoms with E-state index in [-0.39, 0.29) is 6.03 Å². The number of carbonyl (C=O) groups is 1. The van der Waals surface area contributed by atoms with Gasteiger partial charge in [-0.1, -0.05) is 19.1 Å². The van der Waals surface area contributed by atoms with Gasteiger partial charge in [0.1, 0.15) is 5.00 Å². The molecule has 0 bridgehead atoms. The first-order valence-corrected chi connectivity index (χ1v) is 11.0. The number of anilines is 1. The molecule has 0 radical (unpaired) electrons. The summed E-state index contributed by atoms with van der Waals surface area (Å²) < 4.78 is 2.17. The number of nitrogens with one attached hydrogen (secondary N) is 2. The maximum absolute atomic E-state index is 12.6. The van der Waals surface area contributed by atoms with Gasteiger partial charge >= 0.3 is 6.03 Å². The number of benzene rings is 1. The van der Waals surface area contributed by atoms with Crippen molar-refractivity contribution in [3.63, 3.8) is 0 Å². The van der Waals surface area contributed by atoms with Crippen LogP contribution in [0.25, 0.3) is 5.00 Å². The normalized spacial score (nSPS) is 13.9. The van der Waals surface area contributed by atoms with Crippen LogP contribution in [-0.2, 0) is 19.5 Å². The van der Waals surface area contributed by atoms with E-state index < -0.39 is 0 Å². The van der Waals surface area contributed by atoms with Crippen molar-refractivity contribution >= 4 is 23.1 Å². The monoisotopic (exact) mass is 408 g/mol. The van der Waals surface area contributed by atoms with E-state index in [1.165, 1.54) is 21.0 Å². The SMILES string of the molecule is CCN1CCc2c(sc(-n3cccc3)c2CNC(=O)Nc2cc(C)ccc2C)C1. The zero-order valence-electron chi connectivity index (χ0n) is 17.3. The molecule has 6 heteroatoms. The number of carbonyl (C=O) groups excluding carboxylic acids is 1. The van der Waals surface area contributed by atoms with E-state index >= 15 is 0 Å². The zero-order valence-corrected chi connectivity index (χ0v) is 18.1. The molecule has 3 heterocycles. The van der Waals surface area contributed by atoms with Crippen molar-refractivity contribution in [2.75, 3.05) is 18.4 Å². The predicted molar refractivity (Wildman–Crippen MR) is 120 cm³/mol. The summed E-state index contributed by atoms with van der Waals surface area (Å²) in [6, 6.07) is 10.0. The summed E-state index contributed by atoms with van der Waals surface area (Å²) in [7, 11) is 0. The Morgan fingerprint density at radius 3 is 2.76 bits per heavy atom. The first kappa shape index (κ1) is 19.7. The van der Waals surface area contributed by atoms with Crippen molar-refractivity contribution in [3.8, 4) is 5.00 Å². The molecule has 0 unspecified atom stereocenters. The fourth-order valence-corrected chi connectivity index (χ4v) is 5.22. The molecule has 1 aliphatic heterocycles. The maximum atomic E-state index is 12.6. The topological polar surface area (TPSA) is 49.3 Å². The second kappa shape index (κ2) is 8.43. The highest BCUT2D eigenvalue weighted by molar-refractivity contribution is 7.14. The van der Waals surface area contributed by atoms with Crippen LogP contribution in [0, 0.1) is 13.8 Å². The molecule has 0 saturated heterocycles. The van der Waals surface area contributed by atoms with Crippen molar-refractivity contribution in [2.45, 2.75) is 40.3 Å². The standard InChI is InChI=1S/C23H28N4OS/c1-4-26-12-9-18-19(22(29-21(18)15-26)27-10-5-6-11-27)14-24-23(28)25-20-13-16(2)7-8-17(20)3/h5-8,10-11,13H,4,9,12,14-15H2,1-3H3,(H2,24,25,28). The lowest BCUT2D eigenvalue weighted by Gasteiger charge is -2.25. The molecule has 1 aliphatic rings. The number of amides is 2. The van der Waals surface area contributed by atoms with Gasteiger partial charge in [0.25, 0.3) is 0 Å². The van der Waals surface area contributed by atoms with E-state index in [0.717, 1.165) is 42.9 Å². The van der Waals surface area contributed by atoms with Crippen LogP contribution in [0.3, 0.4) is 0 Å². The molecule has 0 atom stereocenters. The largest absolute Gasteiger partial charge is 0.334 e. The average molecular weight is 409 g/mol. The van der Waals surface area contributed by atoms with Gasteiger partial charge in [0.05, 0.1) is 0 Å². The average Bonchev–Trinajstić information content (AvgIpc) is 3.36. The summed E-state index contributed by atoms with van der Waals surface area (Å²) in [6.07, 6.45) is 5.19. The van der Waals surface area contributed by atoms with Crippen LogP contribution >= 0.6 is 11.3 Å². The Kier molecular flexibility index (Phi) is 5.74. The molecule has 2 N–H and O–H groups in total. The number of aromatic nitrogens is 1. The molecule has 0 aliphatic carbocycles. The summed E-state index contributed by atoms with van der Waals surface area (Å²) >= 11 is 1.85. The van der Waals surface area contributed by atoms with Crippen LogP contribution in [0.1, 0.15) is 34.1 Å². The van der Waals surface area contributed by atoms with E-state index in [4.69, 9.17) is 0 Å². The molecule has 152 valence electrons. The van der Waals surface area contributed by atoms with Crippen LogP contribution < -0.4 is 10.6 Å². The molecule has 1 aromatic carbocycles. The molecule has 29 heavy (non-hydrogen) atoms. The molecule has 2 amide bonds. The van der Waals surface area contributed by atoms with Gasteiger partial charge in [-0.3, -0.25) is 4.90 Å². The lowest BCUT2D eigenvalue weighted by atomic mass is 10.0. The zero-order chi connectivity index (χ0) is 20.4. The van der Waals surface area contributed by atoms with Crippen LogP contribution in [0.4, 0.5) is 10.5 Å². The number of hydrogen-bond acceptors (Lipinski definition) is 3. The van der Waals surface area contributed by atoms with Gasteiger partial charge in [-0.2, -0.15) is 0 Å². The second-order valence-corrected chi connectivity index (χ2v) is 8.71. The van der Waals surface area contributed by atoms with Crippen LogP contribution in [0.2, 0.25) is 0 Å². The summed E-state index contributed by atoms with van der Waals surface area (Å²) in [5.74, 6) is 0. The van der Waals surface area contributed by atoms with Crippen LogP contribution in [0.15, 0.2) is 42.7 Å². The van der Waals surface area contributed by atoms with Crippen molar-refractivity contribution < 1.29 is 4.79 Å². The summed E-state index contributed by atoms with van der Waals surface area (Å²) in [5.41, 5.74) is 5.71. The summed E-state index contributed by atoms with van der Waals surface area (Å²) in [4.78, 5) is 16.5. The second-order valence-electron chi connectivity index (χ2n) is 7.62. The fourth-order valence-electron chi connectivity index (χ4n) is 3.84. The van der Waals surface area contributed by atoms with Gasteiger partial charge in [0.15, 0.2) is 0 Å². The third-order valence-electron chi connectivity index (χ3n) is 5.58. The number of likely N-dealkylation sites (N-methyl/N-ethyl adjacent to an activating group) is 1. The first-order chi connectivity index (χ1) is 14.0. The number of hydrogen-bond donors (Lipinski definition) is 2. The number of thiophene rings is 1. The molecule has 0 saturated carbocycles. The predicted octanol–water partition coefficient (Wildman–Crippen LogP) is 4.86. The smallest absolute Gasteiger partial charge is 0.319 e. The van der Waals surface area contributed by atoms with Gasteiger partial charge in [-0.25, -0.2) is 4.79 Å². The van der Waals surface area contributed by atoms with Crippen LogP contribution in [-0.4, -0.2) is 28.6 Å². The third-order valence-corrected chi connectivity index (χ3v) is 6.85. The van der Waals surface area contributed by atoms with E-state index in [2.05, 4.69) is 45.5 Å². The number of urea groups is 1. The Labute approximate surface area is 176 Å². The van der Waals surface area contributed by atoms with Gasteiger partial charge in [0, 0.05) is 48.2 Å². The van der Waals surface area contributed by atoms with E-state index in [1.807, 2.05) is 49.4 Å². The minimum absolute atomic E-state index is 0.164. The van der Waals surface area contributed by atoms with Gasteiger partial charge in [-0.15, -0.1) is 11.3 Å². The Hall–Kier alpha value is -2.57. The van der Waals surface area contributed by atoms with Gasteiger partial charge in [-0.05, 0) is 61.7 Å². The van der Waals surface area contributed by atoms with Crippen molar-refractivity contribution in [3.05, 3.63) is 69.9 Å². The quantitative estimate of drug-likeness (QED) is 0.634. The highest BCUT2D eigenvalue weighted by atomic mass is 32.1. The van der Waals surface area contributed by atoms with Gasteiger partial charge < -0.3 is 15.2 Å². The first-order valence-electron chi connectivity index (χ1n) is 10.2. The Balaban J connectivity index is 1.54. The minimum Gasteiger partial charge on any atom is -0.334 e. The van der Waals surface area contributed by atoms with Crippen LogP contribution in [0.5, 0.6) is 0 Å². The van der Waals surface area contributed by atoms with E-state index in [1.54, 1.807) is 0 Å². The Morgan fingerprint density at radius 1 is 1.21 bits per heavy atom. The number of nitrogens with zero attached hydrogens (tertiary/aromatic N) is 2. The maximum Gasteiger partial charge on any atom is 0.319 e. The van der Waals surface area contributed by atoms with Crippen molar-refractivity contribution in [2.24, 2.45) is 0 Å². The summed E-state index contributed by atoms with van der Waals surface area (Å²) in [6.45, 7) is 9.93. The number of fused-ring (bicyclic) bond motifs is 1. The molecule has 3 aromatic rings. The molecule has 0 spiro atoms. The molecular formula is C23H28N4OS. The minimum atomic E-state index is -0.164. The van der Waals surface area contributed by atoms with E-state index in [9.17, 15) is 4.79 Å². The molecule has 5 nitrogen and oxygen atoms in total. The van der Waals surface area contributed by atoms with E-state index in [0.29, 0.717) is 6.54 Å². The highest BCUT2D eigenvalue weighted by Crippen LogP contribution is 2.35. The Bertz CT molecular complexity index is 1010. The Morgan fingerprint density at radius 2 is 2.00 bits per heavy atom. The number of aryl methyl sites for hydroxylation is 2. The lowest BCUT2D eigenvalue weighted by molar-refractivity contribution is 0.251. The molecule has 2 aromatic heterocycles. The number of rotatable bonds is 5. The lowest BCUT2D eigenvalue weighted by Crippen LogP contribution is -2.31. The molecular weight excluding hydrogens is 380 g/mol. The van der Waals surface area contributed by atoms with Gasteiger partial charge in [0.2, 0.25) is 0 Å². The molecule has 4 rings (SSSR count). The van der Waals surface area contributed by atoms with Crippen molar-refractivity contribution in [1.82, 2.24) is 14.8 Å². The highest BCUT2D eigenvalue weighted by Gasteiger charge is 2.24. The third kappa shape index (κ3) is 4.23.